The Kier molecular flexibility index (Phi) is 5.71. The van der Waals surface area contributed by atoms with Crippen LogP contribution in [0.4, 0.5) is 0 Å². The number of rotatable bonds is 6. The molecule has 0 spiro atoms. The number of hydrazone groups is 1. The van der Waals surface area contributed by atoms with Crippen molar-refractivity contribution in [3.05, 3.63) is 71.3 Å². The van der Waals surface area contributed by atoms with E-state index in [1.165, 1.54) is 5.56 Å². The van der Waals surface area contributed by atoms with Crippen LogP contribution in [0.5, 0.6) is 11.5 Å². The Balaban J connectivity index is 1.65. The summed E-state index contributed by atoms with van der Waals surface area (Å²) in [5.74, 6) is 1.02. The molecule has 0 aliphatic rings. The van der Waals surface area contributed by atoms with Gasteiger partial charge in [0.05, 0.1) is 13.3 Å². The number of aryl methyl sites for hydroxylation is 2. The molecule has 138 valence electrons. The molecule has 0 aliphatic carbocycles. The fourth-order valence-corrected chi connectivity index (χ4v) is 2.74. The quantitative estimate of drug-likeness (QED) is 0.533. The number of nitrogens with one attached hydrogen (secondary N) is 1. The van der Waals surface area contributed by atoms with Gasteiger partial charge < -0.3 is 9.47 Å². The molecule has 5 heteroatoms. The molecule has 0 heterocycles. The zero-order valence-corrected chi connectivity index (χ0v) is 15.7. The van der Waals surface area contributed by atoms with Crippen molar-refractivity contribution < 1.29 is 14.3 Å². The number of benzene rings is 3. The second-order valence-electron chi connectivity index (χ2n) is 6.23. The molecule has 0 aromatic heterocycles. The highest BCUT2D eigenvalue weighted by Crippen LogP contribution is 2.26. The van der Waals surface area contributed by atoms with E-state index >= 15 is 0 Å². The Labute approximate surface area is 158 Å². The highest BCUT2D eigenvalue weighted by atomic mass is 16.5. The van der Waals surface area contributed by atoms with Crippen LogP contribution in [0.1, 0.15) is 16.7 Å². The van der Waals surface area contributed by atoms with Gasteiger partial charge in [0.2, 0.25) is 0 Å². The number of hydrogen-bond acceptors (Lipinski definition) is 4. The van der Waals surface area contributed by atoms with Crippen LogP contribution in [0.3, 0.4) is 0 Å². The van der Waals surface area contributed by atoms with Gasteiger partial charge in [-0.1, -0.05) is 36.4 Å². The molecule has 0 bridgehead atoms. The second-order valence-corrected chi connectivity index (χ2v) is 6.23. The number of amides is 1. The SMILES string of the molecule is COc1ccc2ccccc2c1C=NNC(=O)COc1ccc(C)c(C)c1. The topological polar surface area (TPSA) is 59.9 Å². The molecule has 1 N–H and O–H groups in total. The zero-order chi connectivity index (χ0) is 19.2. The monoisotopic (exact) mass is 362 g/mol. The van der Waals surface area contributed by atoms with E-state index in [2.05, 4.69) is 10.5 Å². The third-order valence-corrected chi connectivity index (χ3v) is 4.38. The smallest absolute Gasteiger partial charge is 0.277 e. The van der Waals surface area contributed by atoms with Crippen molar-refractivity contribution in [2.24, 2.45) is 5.10 Å². The molecule has 1 amide bonds. The first-order valence-electron chi connectivity index (χ1n) is 8.66. The van der Waals surface area contributed by atoms with Crippen molar-refractivity contribution in [1.82, 2.24) is 5.43 Å². The van der Waals surface area contributed by atoms with Gasteiger partial charge in [-0.25, -0.2) is 5.43 Å². The van der Waals surface area contributed by atoms with E-state index in [1.54, 1.807) is 13.3 Å². The first-order chi connectivity index (χ1) is 13.1. The van der Waals surface area contributed by atoms with Crippen LogP contribution in [0.25, 0.3) is 10.8 Å². The molecular formula is C22H22N2O3. The Morgan fingerprint density at radius 3 is 2.67 bits per heavy atom. The largest absolute Gasteiger partial charge is 0.496 e. The van der Waals surface area contributed by atoms with Crippen LogP contribution in [0.15, 0.2) is 59.7 Å². The molecular weight excluding hydrogens is 340 g/mol. The summed E-state index contributed by atoms with van der Waals surface area (Å²) in [6.45, 7) is 3.93. The summed E-state index contributed by atoms with van der Waals surface area (Å²) in [5.41, 5.74) is 5.60. The fraction of sp³-hybridized carbons (Fsp3) is 0.182. The van der Waals surface area contributed by atoms with Gasteiger partial charge in [-0.05, 0) is 53.9 Å². The minimum atomic E-state index is -0.330. The Bertz CT molecular complexity index is 996. The molecule has 0 unspecified atom stereocenters. The number of methoxy groups -OCH3 is 1. The maximum Gasteiger partial charge on any atom is 0.277 e. The normalized spacial score (nSPS) is 10.9. The summed E-state index contributed by atoms with van der Waals surface area (Å²) >= 11 is 0. The fourth-order valence-electron chi connectivity index (χ4n) is 2.74. The second kappa shape index (κ2) is 8.36. The number of fused-ring (bicyclic) bond motifs is 1. The number of hydrogen-bond donors (Lipinski definition) is 1. The molecule has 0 saturated carbocycles. The van der Waals surface area contributed by atoms with Gasteiger partial charge in [0.15, 0.2) is 6.61 Å². The lowest BCUT2D eigenvalue weighted by molar-refractivity contribution is -0.123. The molecule has 3 rings (SSSR count). The van der Waals surface area contributed by atoms with E-state index in [9.17, 15) is 4.79 Å². The van der Waals surface area contributed by atoms with E-state index in [0.29, 0.717) is 11.5 Å². The van der Waals surface area contributed by atoms with Gasteiger partial charge in [-0.2, -0.15) is 5.10 Å². The highest BCUT2D eigenvalue weighted by Gasteiger charge is 2.07. The molecule has 3 aromatic carbocycles. The van der Waals surface area contributed by atoms with Crippen LogP contribution in [-0.4, -0.2) is 25.8 Å². The lowest BCUT2D eigenvalue weighted by atomic mass is 10.0. The first-order valence-corrected chi connectivity index (χ1v) is 8.66. The lowest BCUT2D eigenvalue weighted by Gasteiger charge is -2.09. The van der Waals surface area contributed by atoms with Crippen LogP contribution in [0.2, 0.25) is 0 Å². The number of carbonyl (C=O) groups excluding carboxylic acids is 1. The van der Waals surface area contributed by atoms with Crippen molar-refractivity contribution in [3.8, 4) is 11.5 Å². The van der Waals surface area contributed by atoms with E-state index in [1.807, 2.05) is 68.4 Å². The van der Waals surface area contributed by atoms with Crippen molar-refractivity contribution in [2.75, 3.05) is 13.7 Å². The predicted molar refractivity (Wildman–Crippen MR) is 108 cm³/mol. The summed E-state index contributed by atoms with van der Waals surface area (Å²) < 4.78 is 10.9. The van der Waals surface area contributed by atoms with Crippen LogP contribution in [0, 0.1) is 13.8 Å². The molecule has 0 aliphatic heterocycles. The summed E-state index contributed by atoms with van der Waals surface area (Å²) in [4.78, 5) is 12.0. The van der Waals surface area contributed by atoms with E-state index in [0.717, 1.165) is 21.9 Å². The predicted octanol–water partition coefficient (Wildman–Crippen LogP) is 3.99. The highest BCUT2D eigenvalue weighted by molar-refractivity contribution is 6.02. The maximum atomic E-state index is 12.0. The molecule has 0 radical (unpaired) electrons. The van der Waals surface area contributed by atoms with Crippen molar-refractivity contribution in [2.45, 2.75) is 13.8 Å². The van der Waals surface area contributed by atoms with Gasteiger partial charge in [0, 0.05) is 5.56 Å². The van der Waals surface area contributed by atoms with Gasteiger partial charge in [-0.3, -0.25) is 4.79 Å². The minimum absolute atomic E-state index is 0.105. The maximum absolute atomic E-state index is 12.0. The van der Waals surface area contributed by atoms with Crippen LogP contribution >= 0.6 is 0 Å². The lowest BCUT2D eigenvalue weighted by Crippen LogP contribution is -2.24. The summed E-state index contributed by atoms with van der Waals surface area (Å²) in [6.07, 6.45) is 1.59. The number of nitrogens with zero attached hydrogens (tertiary/aromatic N) is 1. The molecule has 3 aromatic rings. The standard InChI is InChI=1S/C22H22N2O3/c1-15-8-10-18(12-16(15)2)27-14-22(25)24-23-13-20-19-7-5-4-6-17(19)9-11-21(20)26-3/h4-13H,14H2,1-3H3,(H,24,25). The third-order valence-electron chi connectivity index (χ3n) is 4.38. The average molecular weight is 362 g/mol. The van der Waals surface area contributed by atoms with Gasteiger partial charge >= 0.3 is 0 Å². The minimum Gasteiger partial charge on any atom is -0.496 e. The molecule has 0 atom stereocenters. The van der Waals surface area contributed by atoms with Gasteiger partial charge in [-0.15, -0.1) is 0 Å². The Morgan fingerprint density at radius 2 is 1.89 bits per heavy atom. The number of ether oxygens (including phenoxy) is 2. The molecule has 27 heavy (non-hydrogen) atoms. The number of carbonyl (C=O) groups is 1. The summed E-state index contributed by atoms with van der Waals surface area (Å²) in [5, 5.41) is 6.13. The van der Waals surface area contributed by atoms with Gasteiger partial charge in [0.25, 0.3) is 5.91 Å². The van der Waals surface area contributed by atoms with Crippen LogP contribution < -0.4 is 14.9 Å². The Hall–Kier alpha value is -3.34. The third kappa shape index (κ3) is 4.44. The molecule has 5 nitrogen and oxygen atoms in total. The van der Waals surface area contributed by atoms with Crippen molar-refractivity contribution in [1.29, 1.82) is 0 Å². The Morgan fingerprint density at radius 1 is 1.07 bits per heavy atom. The van der Waals surface area contributed by atoms with E-state index < -0.39 is 0 Å². The van der Waals surface area contributed by atoms with E-state index in [4.69, 9.17) is 9.47 Å². The van der Waals surface area contributed by atoms with Crippen LogP contribution in [-0.2, 0) is 4.79 Å². The van der Waals surface area contributed by atoms with Crippen molar-refractivity contribution >= 4 is 22.9 Å². The van der Waals surface area contributed by atoms with E-state index in [-0.39, 0.29) is 12.5 Å². The summed E-state index contributed by atoms with van der Waals surface area (Å²) in [7, 11) is 1.61. The molecule has 0 fully saturated rings. The zero-order valence-electron chi connectivity index (χ0n) is 15.7. The molecule has 0 saturated heterocycles. The average Bonchev–Trinajstić information content (AvgIpc) is 2.69. The van der Waals surface area contributed by atoms with Crippen molar-refractivity contribution in [3.63, 3.8) is 0 Å². The van der Waals surface area contributed by atoms with Gasteiger partial charge in [0.1, 0.15) is 11.5 Å². The first kappa shape index (κ1) is 18.5. The summed E-state index contributed by atoms with van der Waals surface area (Å²) in [6, 6.07) is 17.5.